The summed E-state index contributed by atoms with van der Waals surface area (Å²) in [4.78, 5) is 13.1. The van der Waals surface area contributed by atoms with Crippen molar-refractivity contribution in [3.63, 3.8) is 0 Å². The Morgan fingerprint density at radius 1 is 0.935 bits per heavy atom. The minimum absolute atomic E-state index is 0.251. The number of hydrogen-bond donors (Lipinski definition) is 1. The molecule has 1 N–H and O–H groups in total. The van der Waals surface area contributed by atoms with E-state index in [9.17, 15) is 4.79 Å². The number of benzene rings is 3. The number of nitrogens with zero attached hydrogens (tertiary/aromatic N) is 2. The van der Waals surface area contributed by atoms with Crippen LogP contribution in [-0.4, -0.2) is 16.1 Å². The van der Waals surface area contributed by atoms with Crippen LogP contribution < -0.4 is 10.1 Å². The lowest BCUT2D eigenvalue weighted by atomic mass is 10.0. The molecule has 0 fully saturated rings. The zero-order valence-electron chi connectivity index (χ0n) is 16.4. The minimum atomic E-state index is -0.253. The second-order valence-corrected chi connectivity index (χ2v) is 8.03. The Labute approximate surface area is 189 Å². The predicted molar refractivity (Wildman–Crippen MR) is 125 cm³/mol. The van der Waals surface area contributed by atoms with Crippen LogP contribution in [0.15, 0.2) is 84.9 Å². The zero-order chi connectivity index (χ0) is 21.5. The monoisotopic (exact) mass is 447 g/mol. The van der Waals surface area contributed by atoms with E-state index in [1.807, 2.05) is 66.7 Å². The topological polar surface area (TPSA) is 64.1 Å². The van der Waals surface area contributed by atoms with Gasteiger partial charge in [0, 0.05) is 10.6 Å². The molecule has 4 rings (SSSR count). The Morgan fingerprint density at radius 3 is 2.32 bits per heavy atom. The third-order valence-corrected chi connectivity index (χ3v) is 5.37. The average Bonchev–Trinajstić information content (AvgIpc) is 3.25. The number of amides is 1. The van der Waals surface area contributed by atoms with Crippen LogP contribution in [0.5, 0.6) is 5.75 Å². The molecule has 4 aromatic rings. The van der Waals surface area contributed by atoms with Crippen molar-refractivity contribution in [2.75, 3.05) is 5.32 Å². The molecule has 0 aliphatic carbocycles. The fraction of sp³-hybridized carbons (Fsp3) is 0.0417. The summed E-state index contributed by atoms with van der Waals surface area (Å²) in [7, 11) is 0. The molecule has 0 aliphatic heterocycles. The SMILES string of the molecule is O=C(Nc1nnc(COc2ccc(Cl)cc2)s1)/C(=C/c1ccccc1)c1ccccc1. The second kappa shape index (κ2) is 10.0. The van der Waals surface area contributed by atoms with Crippen LogP contribution in [0.25, 0.3) is 11.6 Å². The van der Waals surface area contributed by atoms with Crippen LogP contribution in [0.3, 0.4) is 0 Å². The molecule has 1 heterocycles. The first-order chi connectivity index (χ1) is 15.2. The predicted octanol–water partition coefficient (Wildman–Crippen LogP) is 5.95. The number of carbonyl (C=O) groups is 1. The maximum Gasteiger partial charge on any atom is 0.258 e. The maximum absolute atomic E-state index is 13.1. The van der Waals surface area contributed by atoms with Crippen LogP contribution in [0.2, 0.25) is 5.02 Å². The van der Waals surface area contributed by atoms with Gasteiger partial charge in [-0.3, -0.25) is 10.1 Å². The van der Waals surface area contributed by atoms with Crippen molar-refractivity contribution in [1.29, 1.82) is 0 Å². The van der Waals surface area contributed by atoms with Gasteiger partial charge in [0.1, 0.15) is 12.4 Å². The third kappa shape index (κ3) is 5.78. The summed E-state index contributed by atoms with van der Waals surface area (Å²) in [6.07, 6.45) is 1.86. The molecule has 7 heteroatoms. The highest BCUT2D eigenvalue weighted by Gasteiger charge is 2.15. The molecule has 0 radical (unpaired) electrons. The van der Waals surface area contributed by atoms with Crippen LogP contribution in [0, 0.1) is 0 Å². The Balaban J connectivity index is 1.47. The van der Waals surface area contributed by atoms with Gasteiger partial charge in [-0.15, -0.1) is 10.2 Å². The lowest BCUT2D eigenvalue weighted by Crippen LogP contribution is -2.13. The van der Waals surface area contributed by atoms with E-state index in [2.05, 4.69) is 15.5 Å². The highest BCUT2D eigenvalue weighted by Crippen LogP contribution is 2.23. The van der Waals surface area contributed by atoms with Crippen LogP contribution in [0.1, 0.15) is 16.1 Å². The quantitative estimate of drug-likeness (QED) is 0.281. The second-order valence-electron chi connectivity index (χ2n) is 6.53. The van der Waals surface area contributed by atoms with Gasteiger partial charge in [0.25, 0.3) is 5.91 Å². The van der Waals surface area contributed by atoms with Gasteiger partial charge in [-0.05, 0) is 41.5 Å². The number of nitrogens with one attached hydrogen (secondary N) is 1. The summed E-state index contributed by atoms with van der Waals surface area (Å²) in [6, 6.07) is 26.3. The number of hydrogen-bond acceptors (Lipinski definition) is 5. The van der Waals surface area contributed by atoms with E-state index in [0.717, 1.165) is 11.1 Å². The van der Waals surface area contributed by atoms with E-state index < -0.39 is 0 Å². The van der Waals surface area contributed by atoms with E-state index >= 15 is 0 Å². The van der Waals surface area contributed by atoms with Gasteiger partial charge in [0.15, 0.2) is 5.01 Å². The molecule has 0 aliphatic rings. The van der Waals surface area contributed by atoms with Gasteiger partial charge < -0.3 is 4.74 Å². The number of anilines is 1. The molecule has 3 aromatic carbocycles. The molecule has 154 valence electrons. The van der Waals surface area contributed by atoms with Crippen LogP contribution >= 0.6 is 22.9 Å². The molecule has 1 amide bonds. The fourth-order valence-corrected chi connectivity index (χ4v) is 3.59. The number of rotatable bonds is 7. The van der Waals surface area contributed by atoms with Gasteiger partial charge in [-0.25, -0.2) is 0 Å². The highest BCUT2D eigenvalue weighted by molar-refractivity contribution is 7.15. The van der Waals surface area contributed by atoms with Crippen molar-refractivity contribution < 1.29 is 9.53 Å². The van der Waals surface area contributed by atoms with Gasteiger partial charge in [0.2, 0.25) is 5.13 Å². The molecular formula is C24H18ClN3O2S. The van der Waals surface area contributed by atoms with Crippen molar-refractivity contribution in [1.82, 2.24) is 10.2 Å². The molecule has 31 heavy (non-hydrogen) atoms. The Hall–Kier alpha value is -3.48. The summed E-state index contributed by atoms with van der Waals surface area (Å²) >= 11 is 7.15. The standard InChI is InChI=1S/C24H18ClN3O2S/c25-19-11-13-20(14-12-19)30-16-22-27-28-24(31-22)26-23(29)21(18-9-5-2-6-10-18)15-17-7-3-1-4-8-17/h1-15H,16H2,(H,26,28,29)/b21-15+. The first kappa shape index (κ1) is 20.8. The Bertz CT molecular complexity index is 1180. The number of ether oxygens (including phenoxy) is 1. The number of carbonyl (C=O) groups excluding carboxylic acids is 1. The van der Waals surface area contributed by atoms with E-state index in [-0.39, 0.29) is 12.5 Å². The maximum atomic E-state index is 13.1. The summed E-state index contributed by atoms with van der Waals surface area (Å²) in [5, 5.41) is 12.7. The molecule has 0 atom stereocenters. The van der Waals surface area contributed by atoms with Crippen molar-refractivity contribution in [2.45, 2.75) is 6.61 Å². The molecule has 0 saturated heterocycles. The minimum Gasteiger partial charge on any atom is -0.486 e. The first-order valence-corrected chi connectivity index (χ1v) is 10.7. The van der Waals surface area contributed by atoms with E-state index in [1.165, 1.54) is 11.3 Å². The zero-order valence-corrected chi connectivity index (χ0v) is 17.9. The van der Waals surface area contributed by atoms with E-state index in [0.29, 0.717) is 26.5 Å². The fourth-order valence-electron chi connectivity index (χ4n) is 2.82. The summed E-state index contributed by atoms with van der Waals surface area (Å²) in [5.41, 5.74) is 2.30. The van der Waals surface area contributed by atoms with Crippen molar-refractivity contribution in [3.8, 4) is 5.75 Å². The molecule has 5 nitrogen and oxygen atoms in total. The summed E-state index contributed by atoms with van der Waals surface area (Å²) in [6.45, 7) is 0.251. The van der Waals surface area contributed by atoms with Gasteiger partial charge >= 0.3 is 0 Å². The Morgan fingerprint density at radius 2 is 1.61 bits per heavy atom. The summed E-state index contributed by atoms with van der Waals surface area (Å²) < 4.78 is 5.69. The van der Waals surface area contributed by atoms with Crippen molar-refractivity contribution in [3.05, 3.63) is 106 Å². The summed E-state index contributed by atoms with van der Waals surface area (Å²) in [5.74, 6) is 0.429. The lowest BCUT2D eigenvalue weighted by Gasteiger charge is -2.08. The molecular weight excluding hydrogens is 430 g/mol. The molecule has 0 saturated carbocycles. The van der Waals surface area contributed by atoms with Crippen LogP contribution in [-0.2, 0) is 11.4 Å². The highest BCUT2D eigenvalue weighted by atomic mass is 35.5. The normalized spacial score (nSPS) is 11.2. The van der Waals surface area contributed by atoms with Crippen molar-refractivity contribution >= 4 is 45.6 Å². The van der Waals surface area contributed by atoms with Crippen molar-refractivity contribution in [2.24, 2.45) is 0 Å². The largest absolute Gasteiger partial charge is 0.486 e. The molecule has 0 spiro atoms. The molecule has 0 bridgehead atoms. The number of halogens is 1. The average molecular weight is 448 g/mol. The van der Waals surface area contributed by atoms with E-state index in [4.69, 9.17) is 16.3 Å². The first-order valence-electron chi connectivity index (χ1n) is 9.52. The van der Waals surface area contributed by atoms with Crippen LogP contribution in [0.4, 0.5) is 5.13 Å². The number of aromatic nitrogens is 2. The third-order valence-electron chi connectivity index (χ3n) is 4.30. The van der Waals surface area contributed by atoms with E-state index in [1.54, 1.807) is 24.3 Å². The lowest BCUT2D eigenvalue weighted by molar-refractivity contribution is -0.111. The van der Waals surface area contributed by atoms with Gasteiger partial charge in [-0.2, -0.15) is 0 Å². The Kier molecular flexibility index (Phi) is 6.72. The van der Waals surface area contributed by atoms with Gasteiger partial charge in [0.05, 0.1) is 0 Å². The molecule has 1 aromatic heterocycles. The smallest absolute Gasteiger partial charge is 0.258 e. The van der Waals surface area contributed by atoms with Gasteiger partial charge in [-0.1, -0.05) is 83.6 Å². The molecule has 0 unspecified atom stereocenters.